The van der Waals surface area contributed by atoms with E-state index in [0.717, 1.165) is 6.07 Å². The molecule has 3 rings (SSSR count). The SMILES string of the molecule is Cc1cc(C(F)(F)F)c2c(C)nn(-c3ccc(C(=O)O)cc3)c2n1. The highest BCUT2D eigenvalue weighted by Crippen LogP contribution is 2.36. The molecule has 1 N–H and O–H groups in total. The van der Waals surface area contributed by atoms with Crippen LogP contribution in [0, 0.1) is 13.8 Å². The van der Waals surface area contributed by atoms with Crippen LogP contribution in [-0.2, 0) is 6.18 Å². The number of carboxylic acids is 1. The predicted molar refractivity (Wildman–Crippen MR) is 80.3 cm³/mol. The highest BCUT2D eigenvalue weighted by molar-refractivity contribution is 5.88. The van der Waals surface area contributed by atoms with Crippen LogP contribution < -0.4 is 0 Å². The second kappa shape index (κ2) is 5.33. The molecule has 2 heterocycles. The fourth-order valence-electron chi connectivity index (χ4n) is 2.56. The lowest BCUT2D eigenvalue weighted by Gasteiger charge is -2.10. The van der Waals surface area contributed by atoms with Gasteiger partial charge in [0.15, 0.2) is 5.65 Å². The molecule has 1 aromatic carbocycles. The number of nitrogens with zero attached hydrogens (tertiary/aromatic N) is 3. The Morgan fingerprint density at radius 3 is 2.33 bits per heavy atom. The van der Waals surface area contributed by atoms with Gasteiger partial charge in [0.1, 0.15) is 0 Å². The zero-order valence-electron chi connectivity index (χ0n) is 12.7. The Kier molecular flexibility index (Phi) is 3.55. The molecule has 0 amide bonds. The van der Waals surface area contributed by atoms with Crippen LogP contribution in [-0.4, -0.2) is 25.8 Å². The van der Waals surface area contributed by atoms with Gasteiger partial charge in [-0.1, -0.05) is 0 Å². The summed E-state index contributed by atoms with van der Waals surface area (Å²) in [5.74, 6) is -1.09. The van der Waals surface area contributed by atoms with Gasteiger partial charge >= 0.3 is 12.1 Å². The first-order valence-electron chi connectivity index (χ1n) is 6.96. The van der Waals surface area contributed by atoms with Crippen molar-refractivity contribution >= 4 is 17.0 Å². The summed E-state index contributed by atoms with van der Waals surface area (Å²) in [4.78, 5) is 15.1. The lowest BCUT2D eigenvalue weighted by molar-refractivity contribution is -0.136. The summed E-state index contributed by atoms with van der Waals surface area (Å²) >= 11 is 0. The minimum absolute atomic E-state index is 0.0598. The van der Waals surface area contributed by atoms with E-state index in [2.05, 4.69) is 10.1 Å². The standard InChI is InChI=1S/C16H12F3N3O2/c1-8-7-12(16(17,18)19)13-9(2)21-22(14(13)20-8)11-5-3-10(4-6-11)15(23)24/h3-7H,1-2H3,(H,23,24). The highest BCUT2D eigenvalue weighted by atomic mass is 19.4. The van der Waals surface area contributed by atoms with Crippen molar-refractivity contribution in [1.82, 2.24) is 14.8 Å². The summed E-state index contributed by atoms with van der Waals surface area (Å²) in [7, 11) is 0. The van der Waals surface area contributed by atoms with Crippen LogP contribution in [0.5, 0.6) is 0 Å². The van der Waals surface area contributed by atoms with Crippen LogP contribution in [0.1, 0.15) is 27.3 Å². The molecule has 0 atom stereocenters. The zero-order chi connectivity index (χ0) is 17.6. The monoisotopic (exact) mass is 335 g/mol. The van der Waals surface area contributed by atoms with Crippen LogP contribution in [0.15, 0.2) is 30.3 Å². The number of alkyl halides is 3. The molecule has 0 saturated carbocycles. The Hall–Kier alpha value is -2.90. The molecule has 0 spiro atoms. The van der Waals surface area contributed by atoms with E-state index in [1.165, 1.54) is 42.8 Å². The lowest BCUT2D eigenvalue weighted by Crippen LogP contribution is -2.08. The lowest BCUT2D eigenvalue weighted by atomic mass is 10.1. The molecule has 0 aliphatic carbocycles. The molecule has 0 saturated heterocycles. The Bertz CT molecular complexity index is 944. The van der Waals surface area contributed by atoms with Crippen molar-refractivity contribution in [3.8, 4) is 5.69 Å². The quantitative estimate of drug-likeness (QED) is 0.774. The number of halogens is 3. The first-order chi connectivity index (χ1) is 11.2. The molecule has 24 heavy (non-hydrogen) atoms. The number of rotatable bonds is 2. The Labute approximate surface area is 134 Å². The minimum Gasteiger partial charge on any atom is -0.478 e. The van der Waals surface area contributed by atoms with Crippen LogP contribution in [0.2, 0.25) is 0 Å². The third-order valence-electron chi connectivity index (χ3n) is 3.61. The number of carbonyl (C=O) groups is 1. The normalized spacial score (nSPS) is 11.9. The molecule has 0 bridgehead atoms. The Morgan fingerprint density at radius 2 is 1.79 bits per heavy atom. The summed E-state index contributed by atoms with van der Waals surface area (Å²) in [6.45, 7) is 2.96. The van der Waals surface area contributed by atoms with Crippen LogP contribution in [0.4, 0.5) is 13.2 Å². The summed E-state index contributed by atoms with van der Waals surface area (Å²) < 4.78 is 41.2. The van der Waals surface area contributed by atoms with E-state index in [1.807, 2.05) is 0 Å². The van der Waals surface area contributed by atoms with E-state index >= 15 is 0 Å². The molecule has 8 heteroatoms. The largest absolute Gasteiger partial charge is 0.478 e. The number of aromatic carboxylic acids is 1. The Morgan fingerprint density at radius 1 is 1.17 bits per heavy atom. The fourth-order valence-corrected chi connectivity index (χ4v) is 2.56. The molecule has 0 radical (unpaired) electrons. The highest BCUT2D eigenvalue weighted by Gasteiger charge is 2.35. The number of pyridine rings is 1. The van der Waals surface area contributed by atoms with Crippen LogP contribution in [0.3, 0.4) is 0 Å². The van der Waals surface area contributed by atoms with Gasteiger partial charge in [-0.25, -0.2) is 14.5 Å². The molecular weight excluding hydrogens is 323 g/mol. The fraction of sp³-hybridized carbons (Fsp3) is 0.188. The van der Waals surface area contributed by atoms with Crippen molar-refractivity contribution in [2.45, 2.75) is 20.0 Å². The molecule has 0 aliphatic heterocycles. The van der Waals surface area contributed by atoms with Crippen molar-refractivity contribution in [1.29, 1.82) is 0 Å². The maximum Gasteiger partial charge on any atom is 0.417 e. The molecule has 3 aromatic rings. The van der Waals surface area contributed by atoms with E-state index in [1.54, 1.807) is 0 Å². The molecule has 124 valence electrons. The zero-order valence-corrected chi connectivity index (χ0v) is 12.7. The number of aromatic nitrogens is 3. The summed E-state index contributed by atoms with van der Waals surface area (Å²) in [6, 6.07) is 6.68. The maximum absolute atomic E-state index is 13.3. The van der Waals surface area contributed by atoms with Gasteiger partial charge in [-0.05, 0) is 44.2 Å². The number of fused-ring (bicyclic) bond motifs is 1. The summed E-state index contributed by atoms with van der Waals surface area (Å²) in [5.41, 5.74) is 0.237. The van der Waals surface area contributed by atoms with Crippen molar-refractivity contribution in [3.63, 3.8) is 0 Å². The number of benzene rings is 1. The van der Waals surface area contributed by atoms with Gasteiger partial charge in [-0.15, -0.1) is 0 Å². The second-order valence-electron chi connectivity index (χ2n) is 5.36. The predicted octanol–water partition coefficient (Wildman–Crippen LogP) is 3.75. The second-order valence-corrected chi connectivity index (χ2v) is 5.36. The summed E-state index contributed by atoms with van der Waals surface area (Å²) in [6.07, 6.45) is -4.52. The molecule has 5 nitrogen and oxygen atoms in total. The van der Waals surface area contributed by atoms with E-state index < -0.39 is 17.7 Å². The van der Waals surface area contributed by atoms with Crippen LogP contribution >= 0.6 is 0 Å². The van der Waals surface area contributed by atoms with Crippen molar-refractivity contribution < 1.29 is 23.1 Å². The maximum atomic E-state index is 13.3. The van der Waals surface area contributed by atoms with Crippen molar-refractivity contribution in [2.75, 3.05) is 0 Å². The van der Waals surface area contributed by atoms with Gasteiger partial charge in [0.2, 0.25) is 0 Å². The van der Waals surface area contributed by atoms with E-state index in [-0.39, 0.29) is 28.0 Å². The van der Waals surface area contributed by atoms with Gasteiger partial charge < -0.3 is 5.11 Å². The van der Waals surface area contributed by atoms with E-state index in [0.29, 0.717) is 5.69 Å². The first kappa shape index (κ1) is 16.0. The number of aryl methyl sites for hydroxylation is 2. The molecule has 0 unspecified atom stereocenters. The summed E-state index contributed by atoms with van der Waals surface area (Å²) in [5, 5.41) is 13.0. The molecular formula is C16H12F3N3O2. The van der Waals surface area contributed by atoms with Crippen LogP contribution in [0.25, 0.3) is 16.7 Å². The third-order valence-corrected chi connectivity index (χ3v) is 3.61. The van der Waals surface area contributed by atoms with Gasteiger partial charge in [0.05, 0.1) is 27.9 Å². The average molecular weight is 335 g/mol. The van der Waals surface area contributed by atoms with Gasteiger partial charge in [0.25, 0.3) is 0 Å². The number of hydrogen-bond acceptors (Lipinski definition) is 3. The van der Waals surface area contributed by atoms with Crippen molar-refractivity contribution in [2.24, 2.45) is 0 Å². The molecule has 0 aliphatic rings. The average Bonchev–Trinajstić information content (AvgIpc) is 2.82. The number of hydrogen-bond donors (Lipinski definition) is 1. The van der Waals surface area contributed by atoms with Gasteiger partial charge in [-0.3, -0.25) is 0 Å². The third kappa shape index (κ3) is 2.60. The van der Waals surface area contributed by atoms with E-state index in [4.69, 9.17) is 5.11 Å². The molecule has 0 fully saturated rings. The topological polar surface area (TPSA) is 68.0 Å². The Balaban J connectivity index is 2.27. The van der Waals surface area contributed by atoms with E-state index in [9.17, 15) is 18.0 Å². The van der Waals surface area contributed by atoms with Gasteiger partial charge in [0, 0.05) is 5.69 Å². The molecule has 2 aromatic heterocycles. The first-order valence-corrected chi connectivity index (χ1v) is 6.96. The van der Waals surface area contributed by atoms with Gasteiger partial charge in [-0.2, -0.15) is 18.3 Å². The smallest absolute Gasteiger partial charge is 0.417 e. The van der Waals surface area contributed by atoms with Crippen molar-refractivity contribution in [3.05, 3.63) is 52.8 Å². The minimum atomic E-state index is -4.52. The number of carboxylic acid groups (broad SMARTS) is 1.